The van der Waals surface area contributed by atoms with E-state index in [0.717, 1.165) is 11.3 Å². The fourth-order valence-corrected chi connectivity index (χ4v) is 1.72. The molecule has 0 heterocycles. The van der Waals surface area contributed by atoms with Crippen LogP contribution >= 0.6 is 0 Å². The smallest absolute Gasteiger partial charge is 0.324 e. The number of nitrogens with zero attached hydrogens (tertiary/aromatic N) is 1. The molecule has 0 radical (unpaired) electrons. The summed E-state index contributed by atoms with van der Waals surface area (Å²) in [5, 5.41) is 0. The van der Waals surface area contributed by atoms with Crippen LogP contribution in [0.4, 0.5) is 0 Å². The highest BCUT2D eigenvalue weighted by atomic mass is 16.5. The van der Waals surface area contributed by atoms with Crippen LogP contribution in [0.2, 0.25) is 0 Å². The molecule has 0 amide bonds. The van der Waals surface area contributed by atoms with Gasteiger partial charge in [-0.25, -0.2) is 0 Å². The van der Waals surface area contributed by atoms with E-state index < -0.39 is 6.04 Å². The maximum atomic E-state index is 11.5. The molecule has 0 aliphatic heterocycles. The number of rotatable bonds is 6. The van der Waals surface area contributed by atoms with Crippen LogP contribution in [0.3, 0.4) is 0 Å². The van der Waals surface area contributed by atoms with Crippen LogP contribution < -0.4 is 10.5 Å². The van der Waals surface area contributed by atoms with Crippen LogP contribution in [-0.2, 0) is 16.1 Å². The van der Waals surface area contributed by atoms with Gasteiger partial charge in [0, 0.05) is 13.1 Å². The fourth-order valence-electron chi connectivity index (χ4n) is 1.72. The Bertz CT molecular complexity index is 378. The highest BCUT2D eigenvalue weighted by Gasteiger charge is 2.22. The predicted molar refractivity (Wildman–Crippen MR) is 69.3 cm³/mol. The number of nitrogens with two attached hydrogens (primary N) is 1. The SMILES string of the molecule is COC(=O)C(CN)N(C)Cc1ccc(OC)cc1. The molecule has 0 saturated carbocycles. The quantitative estimate of drug-likeness (QED) is 0.752. The van der Waals surface area contributed by atoms with Crippen molar-refractivity contribution in [3.63, 3.8) is 0 Å². The first-order valence-corrected chi connectivity index (χ1v) is 5.73. The largest absolute Gasteiger partial charge is 0.497 e. The van der Waals surface area contributed by atoms with E-state index >= 15 is 0 Å². The van der Waals surface area contributed by atoms with Crippen LogP contribution in [0.5, 0.6) is 5.75 Å². The van der Waals surface area contributed by atoms with Gasteiger partial charge in [-0.3, -0.25) is 9.69 Å². The van der Waals surface area contributed by atoms with E-state index in [4.69, 9.17) is 15.2 Å². The van der Waals surface area contributed by atoms with E-state index in [1.165, 1.54) is 7.11 Å². The van der Waals surface area contributed by atoms with Gasteiger partial charge in [0.2, 0.25) is 0 Å². The van der Waals surface area contributed by atoms with Crippen molar-refractivity contribution in [2.45, 2.75) is 12.6 Å². The lowest BCUT2D eigenvalue weighted by Crippen LogP contribution is -2.44. The molecule has 1 atom stereocenters. The van der Waals surface area contributed by atoms with Crippen LogP contribution in [-0.4, -0.2) is 44.7 Å². The molecule has 5 heteroatoms. The van der Waals surface area contributed by atoms with Crippen molar-refractivity contribution >= 4 is 5.97 Å². The summed E-state index contributed by atoms with van der Waals surface area (Å²) in [5.41, 5.74) is 6.67. The van der Waals surface area contributed by atoms with E-state index in [1.807, 2.05) is 36.2 Å². The molecule has 0 aliphatic carbocycles. The summed E-state index contributed by atoms with van der Waals surface area (Å²) < 4.78 is 9.81. The minimum Gasteiger partial charge on any atom is -0.497 e. The second kappa shape index (κ2) is 6.98. The molecule has 1 aromatic rings. The normalized spacial score (nSPS) is 12.3. The van der Waals surface area contributed by atoms with E-state index in [1.54, 1.807) is 7.11 Å². The number of benzene rings is 1. The van der Waals surface area contributed by atoms with Crippen molar-refractivity contribution in [2.24, 2.45) is 5.73 Å². The van der Waals surface area contributed by atoms with Gasteiger partial charge in [-0.15, -0.1) is 0 Å². The summed E-state index contributed by atoms with van der Waals surface area (Å²) in [6.45, 7) is 0.861. The zero-order valence-corrected chi connectivity index (χ0v) is 11.1. The highest BCUT2D eigenvalue weighted by Crippen LogP contribution is 2.13. The number of hydrogen-bond donors (Lipinski definition) is 1. The Hall–Kier alpha value is -1.59. The van der Waals surface area contributed by atoms with Crippen LogP contribution in [0.1, 0.15) is 5.56 Å². The lowest BCUT2D eigenvalue weighted by atomic mass is 10.1. The molecular formula is C13H20N2O3. The number of carbonyl (C=O) groups is 1. The number of hydrogen-bond acceptors (Lipinski definition) is 5. The molecule has 0 bridgehead atoms. The van der Waals surface area contributed by atoms with E-state index in [0.29, 0.717) is 6.54 Å². The Kier molecular flexibility index (Phi) is 5.61. The first kappa shape index (κ1) is 14.5. The Labute approximate surface area is 107 Å². The Balaban J connectivity index is 2.66. The molecule has 0 aromatic heterocycles. The third kappa shape index (κ3) is 3.72. The van der Waals surface area contributed by atoms with Crippen molar-refractivity contribution in [2.75, 3.05) is 27.8 Å². The lowest BCUT2D eigenvalue weighted by molar-refractivity contribution is -0.146. The van der Waals surface area contributed by atoms with Crippen molar-refractivity contribution in [3.05, 3.63) is 29.8 Å². The summed E-state index contributed by atoms with van der Waals surface area (Å²) in [5.74, 6) is 0.498. The first-order valence-electron chi connectivity index (χ1n) is 5.73. The molecule has 0 fully saturated rings. The number of esters is 1. The summed E-state index contributed by atoms with van der Waals surface area (Å²) in [6.07, 6.45) is 0. The van der Waals surface area contributed by atoms with Crippen LogP contribution in [0.25, 0.3) is 0 Å². The average Bonchev–Trinajstić information content (AvgIpc) is 2.40. The Morgan fingerprint density at radius 1 is 1.33 bits per heavy atom. The number of carbonyl (C=O) groups excluding carboxylic acids is 1. The standard InChI is InChI=1S/C13H20N2O3/c1-15(12(8-14)13(16)18-3)9-10-4-6-11(17-2)7-5-10/h4-7,12H,8-9,14H2,1-3H3. The summed E-state index contributed by atoms with van der Waals surface area (Å²) in [6, 6.07) is 7.27. The molecule has 0 aliphatic rings. The molecule has 2 N–H and O–H groups in total. The molecule has 1 unspecified atom stereocenters. The van der Waals surface area contributed by atoms with Crippen molar-refractivity contribution in [1.82, 2.24) is 4.90 Å². The first-order chi connectivity index (χ1) is 8.62. The summed E-state index contributed by atoms with van der Waals surface area (Å²) >= 11 is 0. The Morgan fingerprint density at radius 3 is 2.39 bits per heavy atom. The summed E-state index contributed by atoms with van der Waals surface area (Å²) in [7, 11) is 4.84. The van der Waals surface area contributed by atoms with Gasteiger partial charge in [0.25, 0.3) is 0 Å². The molecule has 18 heavy (non-hydrogen) atoms. The molecular weight excluding hydrogens is 232 g/mol. The second-order valence-corrected chi connectivity index (χ2v) is 4.04. The minimum atomic E-state index is -0.419. The zero-order chi connectivity index (χ0) is 13.5. The van der Waals surface area contributed by atoms with E-state index in [-0.39, 0.29) is 12.5 Å². The molecule has 0 spiro atoms. The van der Waals surface area contributed by atoms with Gasteiger partial charge in [-0.2, -0.15) is 0 Å². The van der Waals surface area contributed by atoms with Gasteiger partial charge in [0.05, 0.1) is 14.2 Å². The van der Waals surface area contributed by atoms with Gasteiger partial charge in [-0.05, 0) is 24.7 Å². The summed E-state index contributed by atoms with van der Waals surface area (Å²) in [4.78, 5) is 13.4. The van der Waals surface area contributed by atoms with Gasteiger partial charge in [0.15, 0.2) is 0 Å². The van der Waals surface area contributed by atoms with Gasteiger partial charge in [-0.1, -0.05) is 12.1 Å². The maximum Gasteiger partial charge on any atom is 0.324 e. The topological polar surface area (TPSA) is 64.8 Å². The average molecular weight is 252 g/mol. The number of ether oxygens (including phenoxy) is 2. The van der Waals surface area contributed by atoms with Crippen molar-refractivity contribution in [3.8, 4) is 5.75 Å². The minimum absolute atomic E-state index is 0.235. The number of methoxy groups -OCH3 is 2. The third-order valence-corrected chi connectivity index (χ3v) is 2.82. The second-order valence-electron chi connectivity index (χ2n) is 4.04. The third-order valence-electron chi connectivity index (χ3n) is 2.82. The van der Waals surface area contributed by atoms with Crippen molar-refractivity contribution < 1.29 is 14.3 Å². The van der Waals surface area contributed by atoms with Crippen LogP contribution in [0, 0.1) is 0 Å². The molecule has 1 aromatic carbocycles. The zero-order valence-electron chi connectivity index (χ0n) is 11.1. The fraction of sp³-hybridized carbons (Fsp3) is 0.462. The van der Waals surface area contributed by atoms with E-state index in [9.17, 15) is 4.79 Å². The molecule has 100 valence electrons. The molecule has 0 saturated heterocycles. The maximum absolute atomic E-state index is 11.5. The van der Waals surface area contributed by atoms with Crippen LogP contribution in [0.15, 0.2) is 24.3 Å². The molecule has 5 nitrogen and oxygen atoms in total. The molecule has 1 rings (SSSR count). The van der Waals surface area contributed by atoms with Gasteiger partial charge in [0.1, 0.15) is 11.8 Å². The monoisotopic (exact) mass is 252 g/mol. The van der Waals surface area contributed by atoms with Gasteiger partial charge < -0.3 is 15.2 Å². The lowest BCUT2D eigenvalue weighted by Gasteiger charge is -2.24. The van der Waals surface area contributed by atoms with E-state index in [2.05, 4.69) is 0 Å². The highest BCUT2D eigenvalue weighted by molar-refractivity contribution is 5.75. The predicted octanol–water partition coefficient (Wildman–Crippen LogP) is 0.627. The number of likely N-dealkylation sites (N-methyl/N-ethyl adjacent to an activating group) is 1. The Morgan fingerprint density at radius 2 is 1.94 bits per heavy atom. The van der Waals surface area contributed by atoms with Crippen molar-refractivity contribution in [1.29, 1.82) is 0 Å². The van der Waals surface area contributed by atoms with Gasteiger partial charge >= 0.3 is 5.97 Å².